The van der Waals surface area contributed by atoms with Gasteiger partial charge >= 0.3 is 5.97 Å². The molecule has 0 spiro atoms. The molecule has 3 atom stereocenters. The van der Waals surface area contributed by atoms with Crippen molar-refractivity contribution in [1.29, 1.82) is 0 Å². The summed E-state index contributed by atoms with van der Waals surface area (Å²) in [5.41, 5.74) is 2.34. The lowest BCUT2D eigenvalue weighted by Gasteiger charge is -2.30. The Bertz CT molecular complexity index is 1320. The lowest BCUT2D eigenvalue weighted by Crippen LogP contribution is -2.37. The van der Waals surface area contributed by atoms with Crippen LogP contribution in [0.3, 0.4) is 0 Å². The number of ether oxygens (including phenoxy) is 3. The maximum absolute atomic E-state index is 13.0. The first-order valence-corrected chi connectivity index (χ1v) is 13.2. The molecule has 198 valence electrons. The second-order valence-corrected chi connectivity index (χ2v) is 10.2. The third kappa shape index (κ3) is 5.73. The predicted molar refractivity (Wildman–Crippen MR) is 144 cm³/mol. The Morgan fingerprint density at radius 3 is 2.61 bits per heavy atom. The van der Waals surface area contributed by atoms with Gasteiger partial charge in [0, 0.05) is 23.2 Å². The Balaban J connectivity index is 1.22. The fraction of sp³-hybridized carbons (Fsp3) is 0.333. The summed E-state index contributed by atoms with van der Waals surface area (Å²) < 4.78 is 17.0. The summed E-state index contributed by atoms with van der Waals surface area (Å²) in [5.74, 6) is 0.881. The minimum absolute atomic E-state index is 0.104. The Morgan fingerprint density at radius 2 is 1.84 bits per heavy atom. The van der Waals surface area contributed by atoms with Gasteiger partial charge in [0.2, 0.25) is 0 Å². The lowest BCUT2D eigenvalue weighted by molar-refractivity contribution is -0.139. The van der Waals surface area contributed by atoms with E-state index in [0.717, 1.165) is 31.4 Å². The van der Waals surface area contributed by atoms with Crippen molar-refractivity contribution in [2.24, 2.45) is 0 Å². The third-order valence-electron chi connectivity index (χ3n) is 7.32. The number of rotatable bonds is 7. The highest BCUT2D eigenvalue weighted by molar-refractivity contribution is 6.32. The van der Waals surface area contributed by atoms with E-state index in [-0.39, 0.29) is 11.9 Å². The minimum Gasteiger partial charge on any atom is -0.497 e. The molecule has 0 saturated heterocycles. The van der Waals surface area contributed by atoms with Gasteiger partial charge in [-0.2, -0.15) is 0 Å². The molecule has 1 heterocycles. The number of aliphatic carboxylic acids is 1. The molecular weight excluding hydrogens is 506 g/mol. The van der Waals surface area contributed by atoms with Gasteiger partial charge in [-0.3, -0.25) is 9.59 Å². The van der Waals surface area contributed by atoms with Crippen LogP contribution in [0.1, 0.15) is 65.4 Å². The van der Waals surface area contributed by atoms with Crippen LogP contribution in [0, 0.1) is 0 Å². The largest absolute Gasteiger partial charge is 0.497 e. The van der Waals surface area contributed by atoms with Crippen LogP contribution in [0.2, 0.25) is 5.02 Å². The second kappa shape index (κ2) is 11.4. The van der Waals surface area contributed by atoms with Crippen molar-refractivity contribution in [2.45, 2.75) is 50.0 Å². The monoisotopic (exact) mass is 535 g/mol. The predicted octanol–water partition coefficient (Wildman–Crippen LogP) is 6.55. The number of amides is 1. The topological polar surface area (TPSA) is 94.1 Å². The van der Waals surface area contributed by atoms with E-state index in [1.54, 1.807) is 43.5 Å². The molecular formula is C30H30ClNO6. The molecule has 8 heteroatoms. The second-order valence-electron chi connectivity index (χ2n) is 9.79. The molecule has 2 aliphatic rings. The fourth-order valence-electron chi connectivity index (χ4n) is 5.31. The van der Waals surface area contributed by atoms with E-state index in [0.29, 0.717) is 52.3 Å². The molecule has 7 nitrogen and oxygen atoms in total. The van der Waals surface area contributed by atoms with Crippen molar-refractivity contribution in [3.8, 4) is 23.0 Å². The molecule has 1 amide bonds. The molecule has 1 aliphatic heterocycles. The van der Waals surface area contributed by atoms with Gasteiger partial charge in [0.25, 0.3) is 5.91 Å². The molecule has 1 saturated carbocycles. The van der Waals surface area contributed by atoms with Crippen molar-refractivity contribution in [3.05, 3.63) is 82.4 Å². The zero-order valence-corrected chi connectivity index (χ0v) is 21.9. The summed E-state index contributed by atoms with van der Waals surface area (Å²) in [4.78, 5) is 24.5. The number of nitrogens with one attached hydrogen (secondary N) is 1. The van der Waals surface area contributed by atoms with Gasteiger partial charge in [-0.05, 0) is 79.6 Å². The molecule has 3 aromatic rings. The Morgan fingerprint density at radius 1 is 1.03 bits per heavy atom. The SMILES string of the molecule is COc1cccc(C2CCCC(NC(=O)c3ccc(Oc4cc5c(cc4Cl)C(C(=O)O)CCO5)cc3)C2)c1. The van der Waals surface area contributed by atoms with Crippen molar-refractivity contribution >= 4 is 23.5 Å². The zero-order valence-electron chi connectivity index (χ0n) is 21.1. The first kappa shape index (κ1) is 25.9. The first-order valence-electron chi connectivity index (χ1n) is 12.8. The molecule has 0 bridgehead atoms. The van der Waals surface area contributed by atoms with Crippen LogP contribution < -0.4 is 19.5 Å². The molecule has 0 aromatic heterocycles. The number of hydrogen-bond donors (Lipinski definition) is 2. The highest BCUT2D eigenvalue weighted by atomic mass is 35.5. The molecule has 0 radical (unpaired) electrons. The number of hydrogen-bond acceptors (Lipinski definition) is 5. The van der Waals surface area contributed by atoms with Crippen LogP contribution >= 0.6 is 11.6 Å². The quantitative estimate of drug-likeness (QED) is 0.356. The molecule has 5 rings (SSSR count). The van der Waals surface area contributed by atoms with E-state index >= 15 is 0 Å². The maximum Gasteiger partial charge on any atom is 0.311 e. The van der Waals surface area contributed by atoms with Crippen molar-refractivity contribution in [2.75, 3.05) is 13.7 Å². The summed E-state index contributed by atoms with van der Waals surface area (Å²) in [6.45, 7) is 0.316. The van der Waals surface area contributed by atoms with E-state index in [4.69, 9.17) is 25.8 Å². The van der Waals surface area contributed by atoms with E-state index in [1.165, 1.54) is 5.56 Å². The molecule has 1 aliphatic carbocycles. The van der Waals surface area contributed by atoms with Crippen LogP contribution in [-0.4, -0.2) is 36.7 Å². The molecule has 3 aromatic carbocycles. The molecule has 2 N–H and O–H groups in total. The third-order valence-corrected chi connectivity index (χ3v) is 7.62. The van der Waals surface area contributed by atoms with Gasteiger partial charge in [0.1, 0.15) is 23.0 Å². The van der Waals surface area contributed by atoms with Gasteiger partial charge in [-0.1, -0.05) is 30.2 Å². The summed E-state index contributed by atoms with van der Waals surface area (Å²) in [5, 5.41) is 13.0. The average Bonchev–Trinajstić information content (AvgIpc) is 2.93. The Hall–Kier alpha value is -3.71. The van der Waals surface area contributed by atoms with E-state index < -0.39 is 11.9 Å². The van der Waals surface area contributed by atoms with Gasteiger partial charge < -0.3 is 24.6 Å². The average molecular weight is 536 g/mol. The van der Waals surface area contributed by atoms with E-state index in [9.17, 15) is 14.7 Å². The maximum atomic E-state index is 13.0. The smallest absolute Gasteiger partial charge is 0.311 e. The molecule has 1 fully saturated rings. The van der Waals surface area contributed by atoms with E-state index in [1.807, 2.05) is 12.1 Å². The first-order chi connectivity index (χ1) is 18.4. The highest BCUT2D eigenvalue weighted by Crippen LogP contribution is 2.42. The van der Waals surface area contributed by atoms with Gasteiger partial charge in [0.15, 0.2) is 0 Å². The summed E-state index contributed by atoms with van der Waals surface area (Å²) >= 11 is 6.40. The van der Waals surface area contributed by atoms with Crippen molar-refractivity contribution < 1.29 is 28.9 Å². The number of carboxylic acid groups (broad SMARTS) is 1. The number of carbonyl (C=O) groups excluding carboxylic acids is 1. The highest BCUT2D eigenvalue weighted by Gasteiger charge is 2.29. The molecule has 38 heavy (non-hydrogen) atoms. The number of carboxylic acids is 1. The summed E-state index contributed by atoms with van der Waals surface area (Å²) in [6, 6.07) is 18.3. The lowest BCUT2D eigenvalue weighted by atomic mass is 9.81. The summed E-state index contributed by atoms with van der Waals surface area (Å²) in [7, 11) is 1.67. The number of halogens is 1. The van der Waals surface area contributed by atoms with Crippen molar-refractivity contribution in [3.63, 3.8) is 0 Å². The van der Waals surface area contributed by atoms with Crippen LogP contribution in [0.25, 0.3) is 0 Å². The fourth-order valence-corrected chi connectivity index (χ4v) is 5.52. The number of fused-ring (bicyclic) bond motifs is 1. The van der Waals surface area contributed by atoms with E-state index in [2.05, 4.69) is 17.4 Å². The Labute approximate surface area is 226 Å². The van der Waals surface area contributed by atoms with Crippen molar-refractivity contribution in [1.82, 2.24) is 5.32 Å². The van der Waals surface area contributed by atoms with Gasteiger partial charge in [-0.15, -0.1) is 0 Å². The van der Waals surface area contributed by atoms with Crippen LogP contribution in [0.15, 0.2) is 60.7 Å². The zero-order chi connectivity index (χ0) is 26.6. The number of benzene rings is 3. The number of carbonyl (C=O) groups is 2. The van der Waals surface area contributed by atoms with Gasteiger partial charge in [-0.25, -0.2) is 0 Å². The minimum atomic E-state index is -0.905. The van der Waals surface area contributed by atoms with Crippen LogP contribution in [0.5, 0.6) is 23.0 Å². The van der Waals surface area contributed by atoms with Gasteiger partial charge in [0.05, 0.1) is 24.7 Å². The van der Waals surface area contributed by atoms with Crippen LogP contribution in [-0.2, 0) is 4.79 Å². The standard InChI is InChI=1S/C30H30ClNO6/c1-36-23-7-3-5-20(15-23)19-4-2-6-21(14-19)32-29(33)18-8-10-22(11-9-18)38-28-17-27-25(16-26(28)31)24(30(34)35)12-13-37-27/h3,5,7-11,15-17,19,21,24H,2,4,6,12-14H2,1H3,(H,32,33)(H,34,35). The van der Waals surface area contributed by atoms with Crippen LogP contribution in [0.4, 0.5) is 0 Å². The Kier molecular flexibility index (Phi) is 7.74. The molecule has 3 unspecified atom stereocenters. The summed E-state index contributed by atoms with van der Waals surface area (Å²) in [6.07, 6.45) is 4.39. The normalized spacial score (nSPS) is 20.5. The number of methoxy groups -OCH3 is 1.